The van der Waals surface area contributed by atoms with Gasteiger partial charge in [-0.1, -0.05) is 33.1 Å². The molecule has 1 aromatic heterocycles. The van der Waals surface area contributed by atoms with Crippen LogP contribution >= 0.6 is 11.5 Å². The zero-order valence-corrected chi connectivity index (χ0v) is 11.7. The van der Waals surface area contributed by atoms with E-state index in [1.54, 1.807) is 0 Å². The van der Waals surface area contributed by atoms with Gasteiger partial charge in [0, 0.05) is 24.5 Å². The zero-order chi connectivity index (χ0) is 12.1. The van der Waals surface area contributed by atoms with E-state index in [2.05, 4.69) is 28.5 Å². The molecule has 0 atom stereocenters. The fraction of sp³-hybridized carbons (Fsp3) is 0.846. The molecule has 1 saturated carbocycles. The Hall–Kier alpha value is -0.640. The van der Waals surface area contributed by atoms with Crippen LogP contribution in [0.5, 0.6) is 0 Å². The van der Waals surface area contributed by atoms with Gasteiger partial charge in [-0.2, -0.15) is 4.37 Å². The lowest BCUT2D eigenvalue weighted by Crippen LogP contribution is -2.20. The van der Waals surface area contributed by atoms with Crippen molar-refractivity contribution in [1.82, 2.24) is 9.36 Å². The number of aryl methyl sites for hydroxylation is 1. The highest BCUT2D eigenvalue weighted by Gasteiger charge is 2.19. The molecule has 0 radical (unpaired) electrons. The molecule has 0 saturated heterocycles. The van der Waals surface area contributed by atoms with Gasteiger partial charge in [0.05, 0.1) is 0 Å². The van der Waals surface area contributed by atoms with Gasteiger partial charge in [-0.15, -0.1) is 0 Å². The summed E-state index contributed by atoms with van der Waals surface area (Å²) in [6, 6.07) is 0. The van der Waals surface area contributed by atoms with E-state index in [1.165, 1.54) is 43.6 Å². The van der Waals surface area contributed by atoms with E-state index in [4.69, 9.17) is 0 Å². The number of hydrogen-bond acceptors (Lipinski definition) is 4. The molecular weight excluding hydrogens is 230 g/mol. The number of hydrogen-bond donors (Lipinski definition) is 1. The van der Waals surface area contributed by atoms with Crippen molar-refractivity contribution in [3.05, 3.63) is 5.82 Å². The third-order valence-electron chi connectivity index (χ3n) is 3.87. The molecule has 1 N–H and O–H groups in total. The molecule has 1 heterocycles. The topological polar surface area (TPSA) is 37.8 Å². The van der Waals surface area contributed by atoms with Crippen LogP contribution in [-0.4, -0.2) is 15.9 Å². The van der Waals surface area contributed by atoms with Crippen LogP contribution in [0.4, 0.5) is 5.13 Å². The molecule has 1 fully saturated rings. The monoisotopic (exact) mass is 253 g/mol. The molecule has 17 heavy (non-hydrogen) atoms. The van der Waals surface area contributed by atoms with Gasteiger partial charge in [-0.25, -0.2) is 4.98 Å². The van der Waals surface area contributed by atoms with Crippen LogP contribution in [0.3, 0.4) is 0 Å². The smallest absolute Gasteiger partial charge is 0.202 e. The van der Waals surface area contributed by atoms with Gasteiger partial charge in [0.1, 0.15) is 5.82 Å². The van der Waals surface area contributed by atoms with Crippen molar-refractivity contribution >= 4 is 16.7 Å². The van der Waals surface area contributed by atoms with Crippen LogP contribution in [0.2, 0.25) is 0 Å². The van der Waals surface area contributed by atoms with Gasteiger partial charge in [0.15, 0.2) is 0 Å². The van der Waals surface area contributed by atoms with Crippen molar-refractivity contribution in [3.8, 4) is 0 Å². The Morgan fingerprint density at radius 2 is 1.88 bits per heavy atom. The Morgan fingerprint density at radius 3 is 2.47 bits per heavy atom. The van der Waals surface area contributed by atoms with E-state index in [0.29, 0.717) is 0 Å². The molecule has 0 bridgehead atoms. The highest BCUT2D eigenvalue weighted by atomic mass is 32.1. The first-order valence-electron chi connectivity index (χ1n) is 6.88. The summed E-state index contributed by atoms with van der Waals surface area (Å²) in [6.07, 6.45) is 7.88. The van der Waals surface area contributed by atoms with Crippen LogP contribution in [0.1, 0.15) is 51.8 Å². The Labute approximate surface area is 108 Å². The highest BCUT2D eigenvalue weighted by Crippen LogP contribution is 2.30. The van der Waals surface area contributed by atoms with Crippen molar-refractivity contribution in [2.24, 2.45) is 11.8 Å². The SMILES string of the molecule is CCc1nsc(NCC2CCC(CC)CC2)n1. The average molecular weight is 253 g/mol. The Morgan fingerprint density at radius 1 is 1.18 bits per heavy atom. The molecular formula is C13H23N3S. The molecule has 4 heteroatoms. The first-order chi connectivity index (χ1) is 8.31. The van der Waals surface area contributed by atoms with Crippen molar-refractivity contribution < 1.29 is 0 Å². The van der Waals surface area contributed by atoms with Crippen molar-refractivity contribution in [1.29, 1.82) is 0 Å². The number of nitrogens with one attached hydrogen (secondary N) is 1. The van der Waals surface area contributed by atoms with E-state index in [1.807, 2.05) is 0 Å². The molecule has 1 aliphatic carbocycles. The Bertz CT molecular complexity index is 329. The summed E-state index contributed by atoms with van der Waals surface area (Å²) in [5.74, 6) is 2.79. The minimum Gasteiger partial charge on any atom is -0.360 e. The molecule has 2 rings (SSSR count). The second-order valence-electron chi connectivity index (χ2n) is 5.05. The predicted octanol–water partition coefficient (Wildman–Crippen LogP) is 3.73. The minimum absolute atomic E-state index is 0.840. The molecule has 0 spiro atoms. The van der Waals surface area contributed by atoms with Gasteiger partial charge in [0.2, 0.25) is 5.13 Å². The number of rotatable bonds is 5. The fourth-order valence-corrected chi connectivity index (χ4v) is 3.20. The summed E-state index contributed by atoms with van der Waals surface area (Å²) in [5, 5.41) is 4.45. The molecule has 1 aromatic rings. The maximum atomic E-state index is 4.44. The van der Waals surface area contributed by atoms with E-state index in [9.17, 15) is 0 Å². The molecule has 96 valence electrons. The lowest BCUT2D eigenvalue weighted by atomic mass is 9.81. The average Bonchev–Trinajstić information content (AvgIpc) is 2.85. The summed E-state index contributed by atoms with van der Waals surface area (Å²) in [5.41, 5.74) is 0. The Balaban J connectivity index is 1.72. The second-order valence-corrected chi connectivity index (χ2v) is 5.80. The highest BCUT2D eigenvalue weighted by molar-refractivity contribution is 7.09. The van der Waals surface area contributed by atoms with E-state index >= 15 is 0 Å². The van der Waals surface area contributed by atoms with Crippen molar-refractivity contribution in [2.75, 3.05) is 11.9 Å². The van der Waals surface area contributed by atoms with Crippen LogP contribution in [-0.2, 0) is 6.42 Å². The van der Waals surface area contributed by atoms with Crippen LogP contribution < -0.4 is 5.32 Å². The lowest BCUT2D eigenvalue weighted by Gasteiger charge is -2.27. The molecule has 0 aliphatic heterocycles. The quantitative estimate of drug-likeness (QED) is 0.869. The van der Waals surface area contributed by atoms with Crippen molar-refractivity contribution in [3.63, 3.8) is 0 Å². The molecule has 0 unspecified atom stereocenters. The first-order valence-corrected chi connectivity index (χ1v) is 7.65. The normalized spacial score (nSPS) is 24.8. The molecule has 3 nitrogen and oxygen atoms in total. The second kappa shape index (κ2) is 6.34. The molecule has 0 aromatic carbocycles. The fourth-order valence-electron chi connectivity index (χ4n) is 2.54. The maximum absolute atomic E-state index is 4.44. The molecule has 1 aliphatic rings. The number of nitrogens with zero attached hydrogens (tertiary/aromatic N) is 2. The summed E-state index contributed by atoms with van der Waals surface area (Å²) in [7, 11) is 0. The van der Waals surface area contributed by atoms with E-state index in [0.717, 1.165) is 35.8 Å². The van der Waals surface area contributed by atoms with Crippen LogP contribution in [0, 0.1) is 11.8 Å². The summed E-state index contributed by atoms with van der Waals surface area (Å²) >= 11 is 1.50. The number of anilines is 1. The summed E-state index contributed by atoms with van der Waals surface area (Å²) < 4.78 is 4.29. The van der Waals surface area contributed by atoms with E-state index in [-0.39, 0.29) is 0 Å². The van der Waals surface area contributed by atoms with Gasteiger partial charge < -0.3 is 5.32 Å². The standard InChI is InChI=1S/C13H23N3S/c1-3-10-5-7-11(8-6-10)9-14-13-15-12(4-2)16-17-13/h10-11H,3-9H2,1-2H3,(H,14,15,16). The van der Waals surface area contributed by atoms with Gasteiger partial charge in [-0.05, 0) is 24.7 Å². The Kier molecular flexibility index (Phi) is 4.77. The van der Waals surface area contributed by atoms with Crippen LogP contribution in [0.25, 0.3) is 0 Å². The van der Waals surface area contributed by atoms with E-state index < -0.39 is 0 Å². The predicted molar refractivity (Wildman–Crippen MR) is 73.5 cm³/mol. The third-order valence-corrected chi connectivity index (χ3v) is 4.58. The summed E-state index contributed by atoms with van der Waals surface area (Å²) in [4.78, 5) is 4.44. The largest absolute Gasteiger partial charge is 0.360 e. The minimum atomic E-state index is 0.840. The third kappa shape index (κ3) is 3.66. The number of aromatic nitrogens is 2. The van der Waals surface area contributed by atoms with Gasteiger partial charge >= 0.3 is 0 Å². The zero-order valence-electron chi connectivity index (χ0n) is 10.9. The van der Waals surface area contributed by atoms with Crippen molar-refractivity contribution in [2.45, 2.75) is 52.4 Å². The first kappa shape index (κ1) is 12.8. The van der Waals surface area contributed by atoms with Gasteiger partial charge in [-0.3, -0.25) is 0 Å². The maximum Gasteiger partial charge on any atom is 0.202 e. The van der Waals surface area contributed by atoms with Gasteiger partial charge in [0.25, 0.3) is 0 Å². The lowest BCUT2D eigenvalue weighted by molar-refractivity contribution is 0.278. The molecule has 0 amide bonds. The van der Waals surface area contributed by atoms with Crippen LogP contribution in [0.15, 0.2) is 0 Å². The summed E-state index contributed by atoms with van der Waals surface area (Å²) in [6.45, 7) is 5.49.